The van der Waals surface area contributed by atoms with Crippen LogP contribution in [0.2, 0.25) is 0 Å². The van der Waals surface area contributed by atoms with Crippen molar-refractivity contribution in [2.24, 2.45) is 35.5 Å². The van der Waals surface area contributed by atoms with E-state index in [1.165, 1.54) is 89.2 Å². The monoisotopic (exact) mass is 757 g/mol. The van der Waals surface area contributed by atoms with Gasteiger partial charge in [-0.1, -0.05) is 156 Å². The van der Waals surface area contributed by atoms with Gasteiger partial charge >= 0.3 is 19.8 Å². The van der Waals surface area contributed by atoms with Crippen molar-refractivity contribution in [1.82, 2.24) is 0 Å². The number of carbonyl (C=O) groups is 2. The van der Waals surface area contributed by atoms with E-state index in [9.17, 15) is 23.9 Å². The van der Waals surface area contributed by atoms with Gasteiger partial charge in [-0.15, -0.1) is 0 Å². The van der Waals surface area contributed by atoms with Crippen molar-refractivity contribution >= 4 is 19.8 Å². The molecule has 5 atom stereocenters. The van der Waals surface area contributed by atoms with Gasteiger partial charge in [-0.3, -0.25) is 4.52 Å². The van der Waals surface area contributed by atoms with E-state index in [2.05, 4.69) is 59.9 Å². The Labute approximate surface area is 319 Å². The molecule has 0 aliphatic heterocycles. The molecule has 0 radical (unpaired) electrons. The third kappa shape index (κ3) is 33.1. The minimum Gasteiger partial charge on any atom is -0.458 e. The average Bonchev–Trinajstić information content (AvgIpc) is 3.01. The van der Waals surface area contributed by atoms with Crippen LogP contribution < -0.4 is 0 Å². The molecule has 0 bridgehead atoms. The molecule has 0 aromatic rings. The van der Waals surface area contributed by atoms with Crippen LogP contribution in [0.3, 0.4) is 0 Å². The Morgan fingerprint density at radius 3 is 1.25 bits per heavy atom. The molecule has 0 unspecified atom stereocenters. The summed E-state index contributed by atoms with van der Waals surface area (Å²) in [5, 5.41) is 0. The molecule has 0 heterocycles. The van der Waals surface area contributed by atoms with Crippen LogP contribution in [-0.2, 0) is 28.2 Å². The molecule has 0 aromatic carbocycles. The van der Waals surface area contributed by atoms with E-state index in [1.807, 2.05) is 13.8 Å². The molecule has 0 spiro atoms. The van der Waals surface area contributed by atoms with E-state index in [0.29, 0.717) is 11.8 Å². The van der Waals surface area contributed by atoms with Crippen LogP contribution in [0.5, 0.6) is 0 Å². The molecule has 0 amide bonds. The van der Waals surface area contributed by atoms with Crippen molar-refractivity contribution in [3.63, 3.8) is 0 Å². The SMILES string of the molecule is C/C(=C\C(=O)OC[C@H](COP(=O)(O)O)OC(=O)/C=C(\C)CCC[C@H](C)CCC[C@H](C)CCCC(C)C)CCC[C@H](C)CCC[C@H](C)CCCC(C)C. The van der Waals surface area contributed by atoms with Gasteiger partial charge in [0.05, 0.1) is 6.61 Å². The summed E-state index contributed by atoms with van der Waals surface area (Å²) in [5.74, 6) is 3.15. The first kappa shape index (κ1) is 50.5. The lowest BCUT2D eigenvalue weighted by Crippen LogP contribution is -2.28. The first-order valence-electron chi connectivity index (χ1n) is 20.8. The Morgan fingerprint density at radius 2 is 0.885 bits per heavy atom. The predicted octanol–water partition coefficient (Wildman–Crippen LogP) is 12.3. The van der Waals surface area contributed by atoms with Crippen LogP contribution in [0.25, 0.3) is 0 Å². The first-order chi connectivity index (χ1) is 24.4. The van der Waals surface area contributed by atoms with Gasteiger partial charge in [0, 0.05) is 12.2 Å². The number of esters is 2. The fourth-order valence-corrected chi connectivity index (χ4v) is 7.03. The summed E-state index contributed by atoms with van der Waals surface area (Å²) in [5.41, 5.74) is 1.76. The second-order valence-electron chi connectivity index (χ2n) is 17.2. The second kappa shape index (κ2) is 29.8. The summed E-state index contributed by atoms with van der Waals surface area (Å²) >= 11 is 0. The third-order valence-electron chi connectivity index (χ3n) is 10.1. The van der Waals surface area contributed by atoms with E-state index in [0.717, 1.165) is 73.3 Å². The number of carbonyl (C=O) groups excluding carboxylic acids is 2. The number of phosphoric acid groups is 1. The number of rotatable bonds is 32. The van der Waals surface area contributed by atoms with Crippen LogP contribution in [0.4, 0.5) is 0 Å². The molecule has 0 saturated heterocycles. The Kier molecular flexibility index (Phi) is 29.0. The maximum absolute atomic E-state index is 12.7. The minimum absolute atomic E-state index is 0.373. The van der Waals surface area contributed by atoms with Crippen LogP contribution in [0.15, 0.2) is 23.3 Å². The van der Waals surface area contributed by atoms with Gasteiger partial charge in [0.1, 0.15) is 6.61 Å². The lowest BCUT2D eigenvalue weighted by Gasteiger charge is -2.17. The van der Waals surface area contributed by atoms with E-state index < -0.39 is 32.5 Å². The Morgan fingerprint density at radius 1 is 0.538 bits per heavy atom. The van der Waals surface area contributed by atoms with Gasteiger partial charge in [-0.25, -0.2) is 14.2 Å². The zero-order valence-electron chi connectivity index (χ0n) is 35.1. The molecule has 0 aliphatic carbocycles. The van der Waals surface area contributed by atoms with Crippen molar-refractivity contribution in [3.8, 4) is 0 Å². The minimum atomic E-state index is -4.81. The molecule has 0 saturated carbocycles. The van der Waals surface area contributed by atoms with E-state index in [4.69, 9.17) is 9.47 Å². The molecule has 2 N–H and O–H groups in total. The van der Waals surface area contributed by atoms with Gasteiger partial charge in [0.2, 0.25) is 0 Å². The van der Waals surface area contributed by atoms with Crippen molar-refractivity contribution < 1.29 is 37.9 Å². The van der Waals surface area contributed by atoms with Crippen molar-refractivity contribution in [1.29, 1.82) is 0 Å². The van der Waals surface area contributed by atoms with Crippen LogP contribution >= 0.6 is 7.82 Å². The van der Waals surface area contributed by atoms with Crippen LogP contribution in [0.1, 0.15) is 185 Å². The molecule has 306 valence electrons. The average molecular weight is 757 g/mol. The summed E-state index contributed by atoms with van der Waals surface area (Å²) in [6.45, 7) is 21.3. The van der Waals surface area contributed by atoms with Crippen molar-refractivity contribution in [2.75, 3.05) is 13.2 Å². The van der Waals surface area contributed by atoms with Gasteiger partial charge in [-0.05, 0) is 75.0 Å². The number of hydrogen-bond acceptors (Lipinski definition) is 6. The third-order valence-corrected chi connectivity index (χ3v) is 10.6. The zero-order valence-corrected chi connectivity index (χ0v) is 36.0. The predicted molar refractivity (Wildman–Crippen MR) is 216 cm³/mol. The molecular weight excluding hydrogens is 675 g/mol. The van der Waals surface area contributed by atoms with Crippen LogP contribution in [0, 0.1) is 35.5 Å². The number of phosphoric ester groups is 1. The largest absolute Gasteiger partial charge is 0.469 e. The fourth-order valence-electron chi connectivity index (χ4n) is 6.67. The molecule has 9 heteroatoms. The highest BCUT2D eigenvalue weighted by atomic mass is 31.2. The molecule has 0 rings (SSSR count). The van der Waals surface area contributed by atoms with Gasteiger partial charge in [0.15, 0.2) is 6.10 Å². The standard InChI is InChI=1S/C43H81O8P/c1-33(2)17-11-19-35(5)21-13-23-37(7)25-15-27-39(9)29-42(44)49-31-41(32-50-52(46,47)48)51-43(45)30-40(10)28-16-26-38(8)24-14-22-36(6)20-12-18-34(3)4/h29-30,33-38,41H,11-28,31-32H2,1-10H3,(H2,46,47,48)/b39-29+,40-30+/t35-,36-,37-,38-,41-/m1/s1. The van der Waals surface area contributed by atoms with E-state index >= 15 is 0 Å². The maximum atomic E-state index is 12.7. The summed E-state index contributed by atoms with van der Waals surface area (Å²) in [7, 11) is -4.81. The Hall–Kier alpha value is -1.47. The topological polar surface area (TPSA) is 119 Å². The summed E-state index contributed by atoms with van der Waals surface area (Å²) in [6.07, 6.45) is 22.8. The van der Waals surface area contributed by atoms with Crippen LogP contribution in [-0.4, -0.2) is 41.0 Å². The lowest BCUT2D eigenvalue weighted by atomic mass is 9.91. The van der Waals surface area contributed by atoms with Gasteiger partial charge in [0.25, 0.3) is 0 Å². The highest BCUT2D eigenvalue weighted by Gasteiger charge is 2.22. The van der Waals surface area contributed by atoms with E-state index in [1.54, 1.807) is 0 Å². The zero-order chi connectivity index (χ0) is 39.5. The molecule has 0 fully saturated rings. The molecule has 8 nitrogen and oxygen atoms in total. The number of hydrogen-bond donors (Lipinski definition) is 2. The maximum Gasteiger partial charge on any atom is 0.469 e. The molecule has 0 aliphatic rings. The van der Waals surface area contributed by atoms with Gasteiger partial charge < -0.3 is 19.3 Å². The second-order valence-corrected chi connectivity index (χ2v) is 18.4. The normalized spacial score (nSPS) is 15.8. The molecule has 0 aromatic heterocycles. The highest BCUT2D eigenvalue weighted by molar-refractivity contribution is 7.46. The summed E-state index contributed by atoms with van der Waals surface area (Å²) in [4.78, 5) is 43.5. The van der Waals surface area contributed by atoms with Crippen molar-refractivity contribution in [2.45, 2.75) is 191 Å². The first-order valence-corrected chi connectivity index (χ1v) is 22.3. The molecular formula is C43H81O8P. The van der Waals surface area contributed by atoms with E-state index in [-0.39, 0.29) is 6.61 Å². The quantitative estimate of drug-likeness (QED) is 0.0395. The smallest absolute Gasteiger partial charge is 0.458 e. The van der Waals surface area contributed by atoms with Gasteiger partial charge in [-0.2, -0.15) is 0 Å². The van der Waals surface area contributed by atoms with Crippen molar-refractivity contribution in [3.05, 3.63) is 23.3 Å². The summed E-state index contributed by atoms with van der Waals surface area (Å²) in [6, 6.07) is 0. The Balaban J connectivity index is 4.61. The lowest BCUT2D eigenvalue weighted by molar-refractivity contribution is -0.154. The molecule has 52 heavy (non-hydrogen) atoms. The summed E-state index contributed by atoms with van der Waals surface area (Å²) < 4.78 is 26.6. The fraction of sp³-hybridized carbons (Fsp3) is 0.860. The Bertz CT molecular complexity index is 1050. The highest BCUT2D eigenvalue weighted by Crippen LogP contribution is 2.36. The number of ether oxygens (including phenoxy) is 2. The number of allylic oxidation sites excluding steroid dienone is 2.